The van der Waals surface area contributed by atoms with Crippen molar-refractivity contribution in [2.24, 2.45) is 0 Å². The van der Waals surface area contributed by atoms with Crippen molar-refractivity contribution in [2.45, 2.75) is 32.2 Å². The molecule has 0 saturated heterocycles. The summed E-state index contributed by atoms with van der Waals surface area (Å²) in [6.07, 6.45) is 1.74. The molecule has 1 atom stereocenters. The van der Waals surface area contributed by atoms with Gasteiger partial charge in [0.2, 0.25) is 0 Å². The normalized spacial score (nSPS) is 17.1. The monoisotopic (exact) mass is 603 g/mol. The molecule has 1 aromatic heterocycles. The molecule has 0 radical (unpaired) electrons. The van der Waals surface area contributed by atoms with Crippen molar-refractivity contribution in [3.63, 3.8) is 0 Å². The largest absolute Gasteiger partial charge is 0.495 e. The van der Waals surface area contributed by atoms with Crippen LogP contribution in [0.2, 0.25) is 10.0 Å². The van der Waals surface area contributed by atoms with Gasteiger partial charge in [0.25, 0.3) is 11.8 Å². The molecule has 0 aliphatic carbocycles. The molecule has 42 heavy (non-hydrogen) atoms. The first-order valence-corrected chi connectivity index (χ1v) is 14.2. The van der Waals surface area contributed by atoms with E-state index in [2.05, 4.69) is 5.32 Å². The van der Waals surface area contributed by atoms with Gasteiger partial charge >= 0.3 is 5.97 Å². The smallest absolute Gasteiger partial charge is 0.340 e. The Bertz CT molecular complexity index is 1800. The zero-order valence-corrected chi connectivity index (χ0v) is 24.8. The molecular weight excluding hydrogens is 577 g/mol. The summed E-state index contributed by atoms with van der Waals surface area (Å²) in [5.41, 5.74) is 1.89. The van der Waals surface area contributed by atoms with Crippen LogP contribution in [0.3, 0.4) is 0 Å². The van der Waals surface area contributed by atoms with Gasteiger partial charge < -0.3 is 19.4 Å². The number of methoxy groups -OCH3 is 1. The number of fused-ring (bicyclic) bond motifs is 4. The fraction of sp³-hybridized carbons (Fsp3) is 0.219. The van der Waals surface area contributed by atoms with Crippen LogP contribution in [0.4, 0.5) is 11.4 Å². The first kappa shape index (κ1) is 27.9. The predicted octanol–water partition coefficient (Wildman–Crippen LogP) is 6.95. The Kier molecular flexibility index (Phi) is 6.78. The average molecular weight is 604 g/mol. The summed E-state index contributed by atoms with van der Waals surface area (Å²) in [5.74, 6) is -1.10. The summed E-state index contributed by atoms with van der Waals surface area (Å²) in [6.45, 7) is 5.83. The van der Waals surface area contributed by atoms with Gasteiger partial charge in [-0.05, 0) is 55.3 Å². The molecular formula is C32H27Cl2N3O5. The maximum Gasteiger partial charge on any atom is 0.340 e. The number of amides is 2. The number of ether oxygens (including phenoxy) is 2. The van der Waals surface area contributed by atoms with E-state index in [9.17, 15) is 14.4 Å². The average Bonchev–Trinajstić information content (AvgIpc) is 3.57. The minimum atomic E-state index is -1.68. The van der Waals surface area contributed by atoms with Gasteiger partial charge in [0.15, 0.2) is 5.54 Å². The van der Waals surface area contributed by atoms with Crippen molar-refractivity contribution < 1.29 is 23.9 Å². The Balaban J connectivity index is 1.73. The van der Waals surface area contributed by atoms with Crippen LogP contribution in [-0.2, 0) is 15.1 Å². The molecule has 214 valence electrons. The third-order valence-electron chi connectivity index (χ3n) is 7.71. The zero-order valence-electron chi connectivity index (χ0n) is 23.3. The highest BCUT2D eigenvalue weighted by Gasteiger charge is 2.63. The number of esters is 1. The second-order valence-electron chi connectivity index (χ2n) is 10.4. The third kappa shape index (κ3) is 3.86. The second kappa shape index (κ2) is 10.2. The van der Waals surface area contributed by atoms with Crippen LogP contribution in [0.1, 0.15) is 64.2 Å². The van der Waals surface area contributed by atoms with Crippen molar-refractivity contribution in [1.82, 2.24) is 4.57 Å². The predicted molar refractivity (Wildman–Crippen MR) is 161 cm³/mol. The molecule has 2 aliphatic rings. The fourth-order valence-corrected chi connectivity index (χ4v) is 6.48. The molecule has 0 fully saturated rings. The molecule has 0 bridgehead atoms. The number of aromatic nitrogens is 1. The van der Waals surface area contributed by atoms with Crippen LogP contribution >= 0.6 is 23.2 Å². The Morgan fingerprint density at radius 1 is 1.00 bits per heavy atom. The zero-order chi connectivity index (χ0) is 29.9. The number of para-hydroxylation sites is 2. The van der Waals surface area contributed by atoms with Gasteiger partial charge in [-0.25, -0.2) is 4.79 Å². The number of halogens is 2. The molecule has 1 unspecified atom stereocenters. The maximum absolute atomic E-state index is 14.7. The highest BCUT2D eigenvalue weighted by atomic mass is 35.5. The SMILES string of the molecule is CCOC(=O)c1ccc(Cl)cc1N1C(=O)c2cn(-c3ccccc3OC)c(C(C)C)c2C12C(=O)Nc1cc(Cl)ccc12. The maximum atomic E-state index is 14.7. The summed E-state index contributed by atoms with van der Waals surface area (Å²) in [7, 11) is 1.58. The number of rotatable bonds is 6. The summed E-state index contributed by atoms with van der Waals surface area (Å²) in [6, 6.07) is 17.1. The van der Waals surface area contributed by atoms with E-state index < -0.39 is 23.3 Å². The molecule has 2 amide bonds. The van der Waals surface area contributed by atoms with E-state index >= 15 is 0 Å². The van der Waals surface area contributed by atoms with Gasteiger partial charge in [-0.15, -0.1) is 0 Å². The van der Waals surface area contributed by atoms with Crippen LogP contribution in [-0.4, -0.2) is 36.1 Å². The quantitative estimate of drug-likeness (QED) is 0.241. The van der Waals surface area contributed by atoms with Crippen molar-refractivity contribution in [3.8, 4) is 11.4 Å². The first-order chi connectivity index (χ1) is 20.1. The van der Waals surface area contributed by atoms with Crippen molar-refractivity contribution >= 4 is 52.4 Å². The molecule has 6 rings (SSSR count). The van der Waals surface area contributed by atoms with Crippen molar-refractivity contribution in [3.05, 3.63) is 105 Å². The van der Waals surface area contributed by atoms with Gasteiger partial charge in [-0.3, -0.25) is 14.5 Å². The molecule has 3 aromatic carbocycles. The molecule has 4 aromatic rings. The van der Waals surface area contributed by atoms with E-state index in [-0.39, 0.29) is 28.8 Å². The molecule has 10 heteroatoms. The van der Waals surface area contributed by atoms with Crippen LogP contribution < -0.4 is 15.0 Å². The molecule has 2 aliphatic heterocycles. The fourth-order valence-electron chi connectivity index (χ4n) is 6.15. The number of benzene rings is 3. The van der Waals surface area contributed by atoms with Gasteiger partial charge in [-0.2, -0.15) is 0 Å². The number of hydrogen-bond acceptors (Lipinski definition) is 5. The van der Waals surface area contributed by atoms with Crippen molar-refractivity contribution in [1.29, 1.82) is 0 Å². The van der Waals surface area contributed by atoms with Crippen LogP contribution in [0.25, 0.3) is 5.69 Å². The number of nitrogens with one attached hydrogen (secondary N) is 1. The lowest BCUT2D eigenvalue weighted by molar-refractivity contribution is -0.119. The van der Waals surface area contributed by atoms with Gasteiger partial charge in [0, 0.05) is 38.8 Å². The highest BCUT2D eigenvalue weighted by molar-refractivity contribution is 6.33. The van der Waals surface area contributed by atoms with Crippen molar-refractivity contribution in [2.75, 3.05) is 23.9 Å². The summed E-state index contributed by atoms with van der Waals surface area (Å²) in [4.78, 5) is 43.7. The Hall–Kier alpha value is -4.27. The van der Waals surface area contributed by atoms with Gasteiger partial charge in [0.05, 0.1) is 36.2 Å². The minimum absolute atomic E-state index is 0.109. The lowest BCUT2D eigenvalue weighted by Gasteiger charge is -2.36. The Labute approximate surface area is 252 Å². The summed E-state index contributed by atoms with van der Waals surface area (Å²) < 4.78 is 12.9. The van der Waals surface area contributed by atoms with E-state index in [1.165, 1.54) is 17.0 Å². The number of nitrogens with zero attached hydrogens (tertiary/aromatic N) is 2. The number of hydrogen-bond donors (Lipinski definition) is 1. The molecule has 8 nitrogen and oxygen atoms in total. The van der Waals surface area contributed by atoms with Gasteiger partial charge in [-0.1, -0.05) is 55.2 Å². The van der Waals surface area contributed by atoms with E-state index in [4.69, 9.17) is 32.7 Å². The lowest BCUT2D eigenvalue weighted by atomic mass is 9.81. The summed E-state index contributed by atoms with van der Waals surface area (Å²) in [5, 5.41) is 3.67. The standard InChI is InChI=1S/C32H27Cl2N3O5/c1-5-42-30(39)20-12-10-19(34)15-25(20)37-29(38)21-16-36(24-8-6-7-9-26(24)41-4)28(17(2)3)27(21)32(37)22-13-11-18(33)14-23(22)35-31(32)40/h6-17H,5H2,1-4H3,(H,35,40). The van der Waals surface area contributed by atoms with Crippen LogP contribution in [0, 0.1) is 0 Å². The van der Waals surface area contributed by atoms with E-state index in [0.29, 0.717) is 33.1 Å². The topological polar surface area (TPSA) is 89.9 Å². The number of carbonyl (C=O) groups is 3. The van der Waals surface area contributed by atoms with E-state index in [1.807, 2.05) is 42.7 Å². The van der Waals surface area contributed by atoms with Gasteiger partial charge in [0.1, 0.15) is 5.75 Å². The highest BCUT2D eigenvalue weighted by Crippen LogP contribution is 2.56. The molecule has 3 heterocycles. The molecule has 0 saturated carbocycles. The van der Waals surface area contributed by atoms with Crippen LogP contribution in [0.15, 0.2) is 66.9 Å². The number of anilines is 2. The van der Waals surface area contributed by atoms with E-state index in [0.717, 1.165) is 11.4 Å². The Morgan fingerprint density at radius 2 is 1.71 bits per heavy atom. The molecule has 1 spiro atoms. The van der Waals surface area contributed by atoms with E-state index in [1.54, 1.807) is 44.5 Å². The van der Waals surface area contributed by atoms with Crippen LogP contribution in [0.5, 0.6) is 5.75 Å². The number of carbonyl (C=O) groups excluding carboxylic acids is 3. The Morgan fingerprint density at radius 3 is 2.43 bits per heavy atom. The molecule has 1 N–H and O–H groups in total. The second-order valence-corrected chi connectivity index (χ2v) is 11.2. The third-order valence-corrected chi connectivity index (χ3v) is 8.18. The lowest BCUT2D eigenvalue weighted by Crippen LogP contribution is -2.51. The first-order valence-electron chi connectivity index (χ1n) is 13.5. The minimum Gasteiger partial charge on any atom is -0.495 e. The summed E-state index contributed by atoms with van der Waals surface area (Å²) >= 11 is 12.8.